The fourth-order valence-electron chi connectivity index (χ4n) is 15.5. The van der Waals surface area contributed by atoms with Crippen LogP contribution in [0.3, 0.4) is 0 Å². The molecule has 0 unspecified atom stereocenters. The molecule has 0 aliphatic carbocycles. The van der Waals surface area contributed by atoms with Gasteiger partial charge in [0.05, 0.1) is 11.4 Å². The third-order valence-corrected chi connectivity index (χ3v) is 19.3. The Balaban J connectivity index is 0.884. The molecule has 0 N–H and O–H groups in total. The van der Waals surface area contributed by atoms with Gasteiger partial charge in [-0.05, 0) is 166 Å². The zero-order valence-corrected chi connectivity index (χ0v) is 50.6. The van der Waals surface area contributed by atoms with Gasteiger partial charge >= 0.3 is 0 Å². The van der Waals surface area contributed by atoms with E-state index in [0.29, 0.717) is 0 Å². The molecule has 19 rings (SSSR count). The first-order valence-corrected chi connectivity index (χ1v) is 32.0. The highest BCUT2D eigenvalue weighted by atomic mass is 16.3. The van der Waals surface area contributed by atoms with E-state index in [9.17, 15) is 0 Å². The lowest BCUT2D eigenvalue weighted by atomic mass is 9.33. The Labute approximate surface area is 540 Å². The Hall–Kier alpha value is -12.2. The number of nitrogens with zero attached hydrogens (tertiary/aromatic N) is 6. The molecule has 0 fully saturated rings. The molecule has 7 nitrogen and oxygen atoms in total. The highest BCUT2D eigenvalue weighted by molar-refractivity contribution is 7.01. The molecule has 0 bridgehead atoms. The van der Waals surface area contributed by atoms with Gasteiger partial charge in [0.1, 0.15) is 11.2 Å². The van der Waals surface area contributed by atoms with Crippen LogP contribution in [0.2, 0.25) is 0 Å². The molecule has 0 saturated carbocycles. The van der Waals surface area contributed by atoms with E-state index in [4.69, 9.17) is 4.42 Å². The summed E-state index contributed by atoms with van der Waals surface area (Å²) >= 11 is 0. The van der Waals surface area contributed by atoms with Crippen molar-refractivity contribution in [2.24, 2.45) is 0 Å². The molecule has 5 heterocycles. The second kappa shape index (κ2) is 21.2. The van der Waals surface area contributed by atoms with Crippen molar-refractivity contribution in [1.29, 1.82) is 0 Å². The predicted molar refractivity (Wildman–Crippen MR) is 391 cm³/mol. The summed E-state index contributed by atoms with van der Waals surface area (Å²) in [5.74, 6) is 0. The Bertz CT molecular complexity index is 4960. The second-order valence-corrected chi connectivity index (χ2v) is 24.4. The van der Waals surface area contributed by atoms with Crippen molar-refractivity contribution in [3.63, 3.8) is 0 Å². The third-order valence-electron chi connectivity index (χ3n) is 19.3. The maximum absolute atomic E-state index is 7.50. The maximum atomic E-state index is 7.50. The molecule has 0 radical (unpaired) electrons. The van der Waals surface area contributed by atoms with Crippen LogP contribution in [0.1, 0.15) is 0 Å². The molecule has 9 heteroatoms. The van der Waals surface area contributed by atoms with Gasteiger partial charge in [0, 0.05) is 114 Å². The van der Waals surface area contributed by atoms with E-state index in [1.54, 1.807) is 0 Å². The standard InChI is InChI=1S/C84H56B2N6O/c1-9-29-57(30-10-1)87(58-31-11-2-12-32-58)65-49-77-83-79(51-65)91(63-41-21-7-22-42-63)75-55-81-67(53-71(75)85(83)69-45-25-27-47-73(69)89(77)61-37-17-5-18-38-61)68-54-72-76(56-82(68)93-81)92(64-43-23-8-24-44-64)80-52-66(88(59-33-13-3-14-34-59)60-35-15-4-16-36-60)50-78-84(80)86(72)70-46-26-28-48-74(70)90(78)62-39-19-6-20-40-62/h1-56H. The van der Waals surface area contributed by atoms with Crippen LogP contribution in [-0.4, -0.2) is 13.4 Å². The lowest BCUT2D eigenvalue weighted by Gasteiger charge is -2.45. The number of furan rings is 1. The lowest BCUT2D eigenvalue weighted by molar-refractivity contribution is 0.669. The van der Waals surface area contributed by atoms with Gasteiger partial charge in [-0.25, -0.2) is 0 Å². The van der Waals surface area contributed by atoms with Gasteiger partial charge in [-0.15, -0.1) is 0 Å². The van der Waals surface area contributed by atoms with Crippen molar-refractivity contribution < 1.29 is 4.42 Å². The van der Waals surface area contributed by atoms with Gasteiger partial charge in [-0.1, -0.05) is 194 Å². The minimum atomic E-state index is -0.151. The largest absolute Gasteiger partial charge is 0.456 e. The summed E-state index contributed by atoms with van der Waals surface area (Å²) in [6, 6.07) is 124. The number of fused-ring (bicyclic) bond motifs is 11. The quantitative estimate of drug-likeness (QED) is 0.126. The minimum absolute atomic E-state index is 0.151. The zero-order valence-electron chi connectivity index (χ0n) is 50.6. The first-order valence-electron chi connectivity index (χ1n) is 32.0. The summed E-state index contributed by atoms with van der Waals surface area (Å²) in [4.78, 5) is 14.8. The van der Waals surface area contributed by atoms with Gasteiger partial charge in [0.2, 0.25) is 0 Å². The molecule has 4 aliphatic heterocycles. The Morgan fingerprint density at radius 1 is 0.215 bits per heavy atom. The van der Waals surface area contributed by atoms with Crippen LogP contribution >= 0.6 is 0 Å². The van der Waals surface area contributed by atoms with Crippen LogP contribution in [0.4, 0.5) is 102 Å². The van der Waals surface area contributed by atoms with E-state index in [2.05, 4.69) is 369 Å². The molecule has 1 aromatic heterocycles. The number of para-hydroxylation sites is 10. The van der Waals surface area contributed by atoms with E-state index >= 15 is 0 Å². The smallest absolute Gasteiger partial charge is 0.252 e. The molecular weight excluding hydrogens is 1130 g/mol. The van der Waals surface area contributed by atoms with Crippen LogP contribution in [0, 0.1) is 0 Å². The summed E-state index contributed by atoms with van der Waals surface area (Å²) in [6.07, 6.45) is 0. The van der Waals surface area contributed by atoms with Crippen molar-refractivity contribution in [1.82, 2.24) is 0 Å². The van der Waals surface area contributed by atoms with Crippen LogP contribution in [0.15, 0.2) is 344 Å². The maximum Gasteiger partial charge on any atom is 0.252 e. The van der Waals surface area contributed by atoms with Crippen molar-refractivity contribution in [2.45, 2.75) is 0 Å². The summed E-state index contributed by atoms with van der Waals surface area (Å²) < 4.78 is 7.50. The van der Waals surface area contributed by atoms with Crippen LogP contribution < -0.4 is 62.2 Å². The molecule has 14 aromatic carbocycles. The average molecular weight is 1190 g/mol. The summed E-state index contributed by atoms with van der Waals surface area (Å²) in [5, 5.41) is 2.15. The number of hydrogen-bond donors (Lipinski definition) is 0. The molecule has 0 saturated heterocycles. The topological polar surface area (TPSA) is 32.6 Å². The normalized spacial score (nSPS) is 13.0. The van der Waals surface area contributed by atoms with E-state index in [1.807, 2.05) is 0 Å². The molecule has 434 valence electrons. The highest BCUT2D eigenvalue weighted by Crippen LogP contribution is 2.52. The molecule has 0 amide bonds. The molecule has 15 aromatic rings. The SMILES string of the molecule is c1ccc(N(c2ccccc2)c2cc3c4c(c2)N(c2ccccc2)c2cc5oc6cc7c(cc6c5cc2B4c2ccccc2N3c2ccccc2)B2c3ccccc3N(c3ccccc3)c3cc(N(c4ccccc4)c4ccccc4)cc(c32)N7c2ccccc2)cc1. The molecule has 0 atom stereocenters. The summed E-state index contributed by atoms with van der Waals surface area (Å²) in [6.45, 7) is -0.302. The summed E-state index contributed by atoms with van der Waals surface area (Å²) in [5.41, 5.74) is 28.6. The van der Waals surface area contributed by atoms with Gasteiger partial charge < -0.3 is 33.8 Å². The number of rotatable bonds is 10. The molecule has 93 heavy (non-hydrogen) atoms. The van der Waals surface area contributed by atoms with E-state index < -0.39 is 0 Å². The van der Waals surface area contributed by atoms with E-state index in [1.165, 1.54) is 32.8 Å². The zero-order chi connectivity index (χ0) is 61.1. The van der Waals surface area contributed by atoms with Gasteiger partial charge in [-0.3, -0.25) is 0 Å². The van der Waals surface area contributed by atoms with Gasteiger partial charge in [0.25, 0.3) is 13.4 Å². The Kier molecular flexibility index (Phi) is 12.0. The van der Waals surface area contributed by atoms with E-state index in [-0.39, 0.29) is 13.4 Å². The van der Waals surface area contributed by atoms with Crippen molar-refractivity contribution >= 4 is 171 Å². The fraction of sp³-hybridized carbons (Fsp3) is 0. The molecular formula is C84H56B2N6O. The fourth-order valence-corrected chi connectivity index (χ4v) is 15.5. The van der Waals surface area contributed by atoms with Crippen molar-refractivity contribution in [3.8, 4) is 0 Å². The lowest BCUT2D eigenvalue weighted by Crippen LogP contribution is -2.61. The first kappa shape index (κ1) is 52.7. The van der Waals surface area contributed by atoms with E-state index in [0.717, 1.165) is 124 Å². The van der Waals surface area contributed by atoms with Crippen LogP contribution in [-0.2, 0) is 0 Å². The number of hydrogen-bond acceptors (Lipinski definition) is 7. The summed E-state index contributed by atoms with van der Waals surface area (Å²) in [7, 11) is 0. The Morgan fingerprint density at radius 2 is 0.473 bits per heavy atom. The first-order chi connectivity index (χ1) is 46.2. The third kappa shape index (κ3) is 8.26. The highest BCUT2D eigenvalue weighted by Gasteiger charge is 2.47. The molecule has 0 spiro atoms. The van der Waals surface area contributed by atoms with Crippen LogP contribution in [0.25, 0.3) is 21.9 Å². The van der Waals surface area contributed by atoms with Crippen molar-refractivity contribution in [2.75, 3.05) is 29.4 Å². The molecule has 4 aliphatic rings. The Morgan fingerprint density at radius 3 is 0.774 bits per heavy atom. The number of benzene rings is 14. The van der Waals surface area contributed by atoms with Crippen molar-refractivity contribution in [3.05, 3.63) is 340 Å². The van der Waals surface area contributed by atoms with Crippen LogP contribution in [0.5, 0.6) is 0 Å². The minimum Gasteiger partial charge on any atom is -0.456 e. The van der Waals surface area contributed by atoms with Gasteiger partial charge in [0.15, 0.2) is 0 Å². The monoisotopic (exact) mass is 1190 g/mol. The second-order valence-electron chi connectivity index (χ2n) is 24.4. The number of anilines is 18. The average Bonchev–Trinajstić information content (AvgIpc) is 0.995. The van der Waals surface area contributed by atoms with Gasteiger partial charge in [-0.2, -0.15) is 0 Å². The predicted octanol–water partition coefficient (Wildman–Crippen LogP) is 18.7.